The molecule has 0 bridgehead atoms. The van der Waals surface area contributed by atoms with Crippen molar-refractivity contribution in [3.05, 3.63) is 70.5 Å². The first-order valence-electron chi connectivity index (χ1n) is 11.2. The number of carbonyl (C=O) groups excluding carboxylic acids is 1. The minimum Gasteiger partial charge on any atom is -0.497 e. The lowest BCUT2D eigenvalue weighted by Crippen LogP contribution is -2.38. The van der Waals surface area contributed by atoms with E-state index in [0.717, 1.165) is 17.5 Å². The molecule has 9 heteroatoms. The molecule has 3 heterocycles. The van der Waals surface area contributed by atoms with Gasteiger partial charge in [0.2, 0.25) is 11.9 Å². The van der Waals surface area contributed by atoms with Crippen LogP contribution in [0, 0.1) is 17.7 Å². The predicted octanol–water partition coefficient (Wildman–Crippen LogP) is 2.13. The molecule has 1 aliphatic carbocycles. The fraction of sp³-hybridized carbons (Fsp3) is 0.360. The van der Waals surface area contributed by atoms with E-state index in [-0.39, 0.29) is 28.8 Å². The van der Waals surface area contributed by atoms with Crippen molar-refractivity contribution in [3.8, 4) is 17.0 Å². The van der Waals surface area contributed by atoms with Crippen LogP contribution in [0.5, 0.6) is 5.75 Å². The zero-order valence-corrected chi connectivity index (χ0v) is 19.3. The number of halogens is 1. The summed E-state index contributed by atoms with van der Waals surface area (Å²) in [6.07, 6.45) is 2.93. The van der Waals surface area contributed by atoms with Crippen molar-refractivity contribution in [2.45, 2.75) is 12.5 Å². The maximum absolute atomic E-state index is 14.2. The van der Waals surface area contributed by atoms with E-state index in [1.54, 1.807) is 14.2 Å². The third-order valence-corrected chi connectivity index (χ3v) is 6.91. The van der Waals surface area contributed by atoms with E-state index in [9.17, 15) is 14.0 Å². The number of rotatable bonds is 6. The molecule has 1 unspecified atom stereocenters. The maximum atomic E-state index is 14.2. The summed E-state index contributed by atoms with van der Waals surface area (Å²) in [5.41, 5.74) is 1.19. The van der Waals surface area contributed by atoms with Gasteiger partial charge in [-0.3, -0.25) is 19.1 Å². The van der Waals surface area contributed by atoms with Crippen molar-refractivity contribution in [1.29, 1.82) is 0 Å². The number of pyridine rings is 1. The largest absolute Gasteiger partial charge is 0.497 e. The maximum Gasteiger partial charge on any atom is 0.255 e. The molecule has 1 saturated heterocycles. The molecule has 3 aromatic rings. The number of nitrogens with zero attached hydrogens (tertiary/aromatic N) is 5. The Morgan fingerprint density at radius 3 is 2.71 bits per heavy atom. The van der Waals surface area contributed by atoms with Gasteiger partial charge in [-0.05, 0) is 23.8 Å². The molecule has 0 spiro atoms. The summed E-state index contributed by atoms with van der Waals surface area (Å²) in [5, 5.41) is 0. The fourth-order valence-corrected chi connectivity index (χ4v) is 5.04. The molecule has 176 valence electrons. The van der Waals surface area contributed by atoms with Crippen LogP contribution in [0.3, 0.4) is 0 Å². The second-order valence-corrected chi connectivity index (χ2v) is 8.95. The summed E-state index contributed by atoms with van der Waals surface area (Å²) >= 11 is 0. The van der Waals surface area contributed by atoms with Crippen molar-refractivity contribution in [3.63, 3.8) is 0 Å². The number of likely N-dealkylation sites (tertiary alicyclic amines) is 1. The van der Waals surface area contributed by atoms with Crippen LogP contribution in [-0.4, -0.2) is 58.6 Å². The second-order valence-electron chi connectivity index (χ2n) is 8.95. The molecular weight excluding hydrogens is 437 g/mol. The van der Waals surface area contributed by atoms with Gasteiger partial charge >= 0.3 is 0 Å². The summed E-state index contributed by atoms with van der Waals surface area (Å²) in [5.74, 6) is 1.43. The highest BCUT2D eigenvalue weighted by atomic mass is 19.1. The average Bonchev–Trinajstić information content (AvgIpc) is 3.33. The third-order valence-electron chi connectivity index (χ3n) is 6.91. The minimum absolute atomic E-state index is 0.0996. The number of benzene rings is 1. The van der Waals surface area contributed by atoms with Gasteiger partial charge in [-0.1, -0.05) is 12.1 Å². The number of hydrogen-bond acceptors (Lipinski definition) is 6. The van der Waals surface area contributed by atoms with E-state index in [2.05, 4.69) is 9.97 Å². The summed E-state index contributed by atoms with van der Waals surface area (Å²) in [7, 11) is 5.18. The Balaban J connectivity index is 1.28. The highest BCUT2D eigenvalue weighted by Crippen LogP contribution is 2.49. The number of fused-ring (bicyclic) bond motifs is 1. The molecule has 2 aromatic heterocycles. The predicted molar refractivity (Wildman–Crippen MR) is 125 cm³/mol. The summed E-state index contributed by atoms with van der Waals surface area (Å²) in [4.78, 5) is 37.7. The van der Waals surface area contributed by atoms with E-state index < -0.39 is 5.82 Å². The normalized spacial score (nSPS) is 20.7. The van der Waals surface area contributed by atoms with Gasteiger partial charge < -0.3 is 14.5 Å². The van der Waals surface area contributed by atoms with Crippen molar-refractivity contribution in [2.75, 3.05) is 32.1 Å². The van der Waals surface area contributed by atoms with Crippen molar-refractivity contribution in [2.24, 2.45) is 18.9 Å². The lowest BCUT2D eigenvalue weighted by Gasteiger charge is -2.26. The van der Waals surface area contributed by atoms with Crippen molar-refractivity contribution in [1.82, 2.24) is 19.4 Å². The topological polar surface area (TPSA) is 80.6 Å². The zero-order chi connectivity index (χ0) is 24.0. The summed E-state index contributed by atoms with van der Waals surface area (Å²) < 4.78 is 21.0. The van der Waals surface area contributed by atoms with Crippen molar-refractivity contribution < 1.29 is 13.9 Å². The Hall–Kier alpha value is -3.75. The number of hydrogen-bond donors (Lipinski definition) is 0. The summed E-state index contributed by atoms with van der Waals surface area (Å²) in [6.45, 7) is 1.35. The Kier molecular flexibility index (Phi) is 5.55. The van der Waals surface area contributed by atoms with Gasteiger partial charge in [-0.25, -0.2) is 9.37 Å². The number of carbonyl (C=O) groups is 1. The molecule has 34 heavy (non-hydrogen) atoms. The SMILES string of the molecule is COc1cccc(CC(=O)N2C[C@@H]3C(N(C)c4nc(-c5ccncc5F)cc(=O)n4C)[C@@H]3C2)c1. The highest BCUT2D eigenvalue weighted by molar-refractivity contribution is 5.79. The lowest BCUT2D eigenvalue weighted by atomic mass is 10.1. The van der Waals surface area contributed by atoms with E-state index in [0.29, 0.717) is 37.3 Å². The van der Waals surface area contributed by atoms with Gasteiger partial charge in [-0.15, -0.1) is 0 Å². The molecule has 1 saturated carbocycles. The molecule has 1 aromatic carbocycles. The van der Waals surface area contributed by atoms with E-state index in [1.807, 2.05) is 41.1 Å². The molecule has 2 fully saturated rings. The van der Waals surface area contributed by atoms with Gasteiger partial charge in [0.25, 0.3) is 5.56 Å². The van der Waals surface area contributed by atoms with E-state index >= 15 is 0 Å². The van der Waals surface area contributed by atoms with Gasteiger partial charge in [-0.2, -0.15) is 0 Å². The van der Waals surface area contributed by atoms with E-state index in [1.165, 1.54) is 22.9 Å². The molecule has 0 radical (unpaired) electrons. The summed E-state index contributed by atoms with van der Waals surface area (Å²) in [6, 6.07) is 10.6. The van der Waals surface area contributed by atoms with Crippen LogP contribution >= 0.6 is 0 Å². The molecule has 8 nitrogen and oxygen atoms in total. The van der Waals surface area contributed by atoms with Crippen LogP contribution in [0.2, 0.25) is 0 Å². The van der Waals surface area contributed by atoms with Crippen LogP contribution in [-0.2, 0) is 18.3 Å². The lowest BCUT2D eigenvalue weighted by molar-refractivity contribution is -0.130. The zero-order valence-electron chi connectivity index (χ0n) is 19.3. The van der Waals surface area contributed by atoms with Crippen LogP contribution in [0.4, 0.5) is 10.3 Å². The van der Waals surface area contributed by atoms with Crippen LogP contribution in [0.15, 0.2) is 53.6 Å². The molecular formula is C25H26FN5O3. The van der Waals surface area contributed by atoms with Crippen LogP contribution in [0.1, 0.15) is 5.56 Å². The molecule has 1 amide bonds. The van der Waals surface area contributed by atoms with E-state index in [4.69, 9.17) is 4.74 Å². The minimum atomic E-state index is -0.523. The Morgan fingerprint density at radius 2 is 2.00 bits per heavy atom. The first-order chi connectivity index (χ1) is 16.4. The smallest absolute Gasteiger partial charge is 0.255 e. The van der Waals surface area contributed by atoms with Gasteiger partial charge in [0.15, 0.2) is 5.82 Å². The molecule has 3 atom stereocenters. The number of aromatic nitrogens is 3. The second kappa shape index (κ2) is 8.55. The number of ether oxygens (including phenoxy) is 1. The third kappa shape index (κ3) is 3.91. The number of piperidine rings is 1. The number of anilines is 1. The van der Waals surface area contributed by atoms with Crippen LogP contribution in [0.25, 0.3) is 11.3 Å². The Bertz CT molecular complexity index is 1300. The van der Waals surface area contributed by atoms with Crippen molar-refractivity contribution >= 4 is 11.9 Å². The molecule has 0 N–H and O–H groups in total. The molecule has 1 aliphatic heterocycles. The Morgan fingerprint density at radius 1 is 1.24 bits per heavy atom. The average molecular weight is 464 g/mol. The molecule has 2 aliphatic rings. The van der Waals surface area contributed by atoms with Gasteiger partial charge in [0.1, 0.15) is 5.75 Å². The van der Waals surface area contributed by atoms with Gasteiger partial charge in [0, 0.05) is 62.9 Å². The highest BCUT2D eigenvalue weighted by Gasteiger charge is 2.59. The number of amides is 1. The fourth-order valence-electron chi connectivity index (χ4n) is 5.04. The standard InChI is InChI=1S/C25H26FN5O3/c1-29-22(32)11-21(17-7-8-27-12-20(17)26)28-25(29)30(2)24-18-13-31(14-19(18)24)23(33)10-15-5-4-6-16(9-15)34-3/h4-9,11-12,18-19,24H,10,13-14H2,1-3H3/t18-,19+,24?. The monoisotopic (exact) mass is 463 g/mol. The Labute approximate surface area is 196 Å². The first kappa shape index (κ1) is 22.1. The van der Waals surface area contributed by atoms with Gasteiger partial charge in [0.05, 0.1) is 25.4 Å². The number of methoxy groups -OCH3 is 1. The van der Waals surface area contributed by atoms with Crippen LogP contribution < -0.4 is 15.2 Å². The molecule has 5 rings (SSSR count). The quantitative estimate of drug-likeness (QED) is 0.557. The first-order valence-corrected chi connectivity index (χ1v) is 11.2.